The first-order chi connectivity index (χ1) is 10.3. The van der Waals surface area contributed by atoms with Crippen molar-refractivity contribution in [3.05, 3.63) is 60.0 Å². The van der Waals surface area contributed by atoms with E-state index in [0.717, 1.165) is 22.4 Å². The topological polar surface area (TPSA) is 54.7 Å². The van der Waals surface area contributed by atoms with Gasteiger partial charge in [-0.2, -0.15) is 5.10 Å². The van der Waals surface area contributed by atoms with E-state index in [-0.39, 0.29) is 0 Å². The molecule has 3 nitrogen and oxygen atoms in total. The van der Waals surface area contributed by atoms with Gasteiger partial charge >= 0.3 is 0 Å². The number of nitrogens with two attached hydrogens (primary N) is 1. The quantitative estimate of drug-likeness (QED) is 0.569. The number of nitrogens with one attached hydrogen (secondary N) is 1. The van der Waals surface area contributed by atoms with Gasteiger partial charge in [-0.15, -0.1) is 11.3 Å². The molecule has 4 aromatic rings. The number of fused-ring (bicyclic) bond motifs is 1. The van der Waals surface area contributed by atoms with Crippen molar-refractivity contribution < 1.29 is 0 Å². The zero-order valence-corrected chi connectivity index (χ0v) is 12.0. The Balaban J connectivity index is 1.98. The van der Waals surface area contributed by atoms with Crippen molar-refractivity contribution in [1.82, 2.24) is 10.2 Å². The second-order valence-corrected chi connectivity index (χ2v) is 5.78. The number of aromatic amines is 1. The van der Waals surface area contributed by atoms with E-state index in [1.54, 1.807) is 11.3 Å². The van der Waals surface area contributed by atoms with Crippen LogP contribution in [-0.2, 0) is 0 Å². The third kappa shape index (κ3) is 1.92. The highest BCUT2D eigenvalue weighted by Gasteiger charge is 2.17. The highest BCUT2D eigenvalue weighted by Crippen LogP contribution is 2.40. The van der Waals surface area contributed by atoms with Gasteiger partial charge in [0.25, 0.3) is 0 Å². The van der Waals surface area contributed by atoms with Crippen LogP contribution in [0.15, 0.2) is 60.0 Å². The summed E-state index contributed by atoms with van der Waals surface area (Å²) in [6, 6.07) is 18.5. The number of nitrogen functional groups attached to an aromatic ring is 1. The van der Waals surface area contributed by atoms with Gasteiger partial charge in [-0.3, -0.25) is 5.10 Å². The van der Waals surface area contributed by atoms with E-state index < -0.39 is 0 Å². The summed E-state index contributed by atoms with van der Waals surface area (Å²) in [5.74, 6) is 0.534. The average molecular weight is 291 g/mol. The van der Waals surface area contributed by atoms with Crippen LogP contribution in [0.5, 0.6) is 0 Å². The summed E-state index contributed by atoms with van der Waals surface area (Å²) in [5.41, 5.74) is 10.3. The Morgan fingerprint density at radius 3 is 2.57 bits per heavy atom. The number of benzene rings is 2. The highest BCUT2D eigenvalue weighted by molar-refractivity contribution is 7.17. The number of anilines is 1. The molecule has 3 N–H and O–H groups in total. The molecule has 4 rings (SSSR count). The number of H-pyrrole nitrogens is 1. The average Bonchev–Trinajstić information content (AvgIpc) is 3.11. The van der Waals surface area contributed by atoms with Gasteiger partial charge in [0.05, 0.1) is 11.3 Å². The van der Waals surface area contributed by atoms with Crippen LogP contribution in [0.25, 0.3) is 32.5 Å². The minimum atomic E-state index is 0.534. The minimum Gasteiger partial charge on any atom is -0.382 e. The molecule has 0 radical (unpaired) electrons. The van der Waals surface area contributed by atoms with Gasteiger partial charge in [-0.25, -0.2) is 0 Å². The monoisotopic (exact) mass is 291 g/mol. The van der Waals surface area contributed by atoms with Gasteiger partial charge in [-0.05, 0) is 11.6 Å². The van der Waals surface area contributed by atoms with E-state index in [1.165, 1.54) is 10.1 Å². The first-order valence-corrected chi connectivity index (χ1v) is 7.58. The van der Waals surface area contributed by atoms with Gasteiger partial charge in [-0.1, -0.05) is 48.5 Å². The maximum Gasteiger partial charge on any atom is 0.153 e. The van der Waals surface area contributed by atoms with E-state index in [4.69, 9.17) is 5.73 Å². The Labute approximate surface area is 126 Å². The maximum atomic E-state index is 6.08. The smallest absolute Gasteiger partial charge is 0.153 e. The van der Waals surface area contributed by atoms with Crippen molar-refractivity contribution in [2.75, 3.05) is 5.73 Å². The predicted molar refractivity (Wildman–Crippen MR) is 89.3 cm³/mol. The number of thiophene rings is 1. The lowest BCUT2D eigenvalue weighted by Gasteiger charge is -2.04. The van der Waals surface area contributed by atoms with Crippen LogP contribution in [0.3, 0.4) is 0 Å². The lowest BCUT2D eigenvalue weighted by molar-refractivity contribution is 1.10. The summed E-state index contributed by atoms with van der Waals surface area (Å²) >= 11 is 1.73. The molecule has 102 valence electrons. The molecule has 0 saturated heterocycles. The number of hydrogen-bond donors (Lipinski definition) is 2. The summed E-state index contributed by atoms with van der Waals surface area (Å²) in [4.78, 5) is 0. The summed E-state index contributed by atoms with van der Waals surface area (Å²) in [7, 11) is 0. The number of hydrogen-bond acceptors (Lipinski definition) is 3. The molecule has 0 fully saturated rings. The van der Waals surface area contributed by atoms with Crippen LogP contribution < -0.4 is 5.73 Å². The molecule has 0 aliphatic heterocycles. The first-order valence-electron chi connectivity index (χ1n) is 6.70. The van der Waals surface area contributed by atoms with Gasteiger partial charge in [0.1, 0.15) is 0 Å². The zero-order valence-electron chi connectivity index (χ0n) is 11.2. The number of nitrogens with zero attached hydrogens (tertiary/aromatic N) is 1. The Morgan fingerprint density at radius 1 is 0.952 bits per heavy atom. The van der Waals surface area contributed by atoms with Crippen molar-refractivity contribution in [3.8, 4) is 22.4 Å². The van der Waals surface area contributed by atoms with Crippen molar-refractivity contribution in [2.45, 2.75) is 0 Å². The molecule has 0 aliphatic rings. The standard InChI is InChI=1S/C17H13N3S/c18-17-15(11-6-2-1-3-7-11)16(19-20-17)13-10-21-14-9-5-4-8-12(13)14/h1-10H,(H3,18,19,20). The Bertz CT molecular complexity index is 906. The molecule has 2 heterocycles. The van der Waals surface area contributed by atoms with E-state index in [9.17, 15) is 0 Å². The fourth-order valence-corrected chi connectivity index (χ4v) is 3.57. The fraction of sp³-hybridized carbons (Fsp3) is 0. The minimum absolute atomic E-state index is 0.534. The van der Waals surface area contributed by atoms with E-state index >= 15 is 0 Å². The molecular weight excluding hydrogens is 278 g/mol. The van der Waals surface area contributed by atoms with Crippen LogP contribution in [0, 0.1) is 0 Å². The molecule has 2 aromatic heterocycles. The van der Waals surface area contributed by atoms with Crippen LogP contribution in [-0.4, -0.2) is 10.2 Å². The number of aromatic nitrogens is 2. The molecule has 0 spiro atoms. The summed E-state index contributed by atoms with van der Waals surface area (Å²) in [6.07, 6.45) is 0. The summed E-state index contributed by atoms with van der Waals surface area (Å²) in [6.45, 7) is 0. The lowest BCUT2D eigenvalue weighted by Crippen LogP contribution is -1.88. The van der Waals surface area contributed by atoms with Crippen LogP contribution in [0.1, 0.15) is 0 Å². The predicted octanol–water partition coefficient (Wildman–Crippen LogP) is 4.54. The third-order valence-electron chi connectivity index (χ3n) is 3.61. The molecule has 0 atom stereocenters. The molecule has 0 aliphatic carbocycles. The molecule has 0 bridgehead atoms. The SMILES string of the molecule is Nc1n[nH]c(-c2csc3ccccc23)c1-c1ccccc1. The van der Waals surface area contributed by atoms with Gasteiger partial charge < -0.3 is 5.73 Å². The molecule has 0 amide bonds. The molecule has 2 aromatic carbocycles. The van der Waals surface area contributed by atoms with Crippen molar-refractivity contribution in [2.24, 2.45) is 0 Å². The Hall–Kier alpha value is -2.59. The molecule has 0 saturated carbocycles. The molecule has 4 heteroatoms. The normalized spacial score (nSPS) is 11.0. The second kappa shape index (κ2) is 4.75. The molecular formula is C17H13N3S. The summed E-state index contributed by atoms with van der Waals surface area (Å²) < 4.78 is 1.26. The van der Waals surface area contributed by atoms with Gasteiger partial charge in [0.2, 0.25) is 0 Å². The van der Waals surface area contributed by atoms with Crippen LogP contribution in [0.4, 0.5) is 5.82 Å². The Morgan fingerprint density at radius 2 is 1.71 bits per heavy atom. The zero-order chi connectivity index (χ0) is 14.2. The van der Waals surface area contributed by atoms with Crippen LogP contribution >= 0.6 is 11.3 Å². The largest absolute Gasteiger partial charge is 0.382 e. The second-order valence-electron chi connectivity index (χ2n) is 4.87. The maximum absolute atomic E-state index is 6.08. The van der Waals surface area contributed by atoms with Crippen LogP contribution in [0.2, 0.25) is 0 Å². The van der Waals surface area contributed by atoms with E-state index in [2.05, 4.69) is 52.0 Å². The fourth-order valence-electron chi connectivity index (χ4n) is 2.62. The molecule has 0 unspecified atom stereocenters. The highest BCUT2D eigenvalue weighted by atomic mass is 32.1. The van der Waals surface area contributed by atoms with E-state index in [0.29, 0.717) is 5.82 Å². The van der Waals surface area contributed by atoms with Crippen molar-refractivity contribution in [3.63, 3.8) is 0 Å². The summed E-state index contributed by atoms with van der Waals surface area (Å²) in [5, 5.41) is 10.7. The van der Waals surface area contributed by atoms with Gasteiger partial charge in [0, 0.05) is 21.0 Å². The van der Waals surface area contributed by atoms with Crippen molar-refractivity contribution in [1.29, 1.82) is 0 Å². The van der Waals surface area contributed by atoms with Crippen molar-refractivity contribution >= 4 is 27.2 Å². The molecule has 21 heavy (non-hydrogen) atoms. The third-order valence-corrected chi connectivity index (χ3v) is 4.57. The van der Waals surface area contributed by atoms with E-state index in [1.807, 2.05) is 18.2 Å². The first kappa shape index (κ1) is 12.2. The van der Waals surface area contributed by atoms with Gasteiger partial charge in [0.15, 0.2) is 5.82 Å². The lowest BCUT2D eigenvalue weighted by atomic mass is 10.0. The Kier molecular flexibility index (Phi) is 2.75. The number of rotatable bonds is 2.